The number of ether oxygens (including phenoxy) is 1. The first kappa shape index (κ1) is 15.6. The molecule has 1 N–H and O–H groups in total. The van der Waals surface area contributed by atoms with Crippen molar-refractivity contribution in [2.45, 2.75) is 20.3 Å². The van der Waals surface area contributed by atoms with Gasteiger partial charge in [0, 0.05) is 24.0 Å². The van der Waals surface area contributed by atoms with Crippen molar-refractivity contribution in [1.82, 2.24) is 9.88 Å². The van der Waals surface area contributed by atoms with Gasteiger partial charge in [0.25, 0.3) is 5.91 Å². The molecule has 2 atom stereocenters. The predicted molar refractivity (Wildman–Crippen MR) is 88.1 cm³/mol. The quantitative estimate of drug-likeness (QED) is 0.886. The van der Waals surface area contributed by atoms with Crippen LogP contribution < -0.4 is 0 Å². The highest BCUT2D eigenvalue weighted by Crippen LogP contribution is 2.21. The number of nitrogens with zero attached hydrogens (tertiary/aromatic N) is 1. The standard InChI is InChI=1S/C18H22N2O3/c1-12-7-13(2)10-20(9-12)17(21)11-23-18(22)16-8-14-5-3-4-6-15(14)19-16/h3-6,8,12-13,19H,7,9-11H2,1-2H3/t12-,13+. The maximum atomic E-state index is 12.2. The normalized spacial score (nSPS) is 21.4. The molecule has 1 fully saturated rings. The lowest BCUT2D eigenvalue weighted by Crippen LogP contribution is -2.44. The van der Waals surface area contributed by atoms with E-state index in [0.29, 0.717) is 17.5 Å². The molecule has 0 bridgehead atoms. The Morgan fingerprint density at radius 2 is 1.91 bits per heavy atom. The number of carbonyl (C=O) groups is 2. The van der Waals surface area contributed by atoms with Crippen molar-refractivity contribution < 1.29 is 14.3 Å². The highest BCUT2D eigenvalue weighted by molar-refractivity contribution is 5.95. The van der Waals surface area contributed by atoms with Crippen LogP contribution in [0.25, 0.3) is 10.9 Å². The van der Waals surface area contributed by atoms with Crippen molar-refractivity contribution in [2.24, 2.45) is 11.8 Å². The van der Waals surface area contributed by atoms with E-state index in [-0.39, 0.29) is 12.5 Å². The first-order valence-electron chi connectivity index (χ1n) is 8.05. The summed E-state index contributed by atoms with van der Waals surface area (Å²) in [5, 5.41) is 0.949. The first-order chi connectivity index (χ1) is 11.0. The lowest BCUT2D eigenvalue weighted by molar-refractivity contribution is -0.137. The molecule has 122 valence electrons. The largest absolute Gasteiger partial charge is 0.451 e. The Morgan fingerprint density at radius 1 is 1.22 bits per heavy atom. The monoisotopic (exact) mass is 314 g/mol. The van der Waals surface area contributed by atoms with E-state index in [4.69, 9.17) is 4.74 Å². The number of hydrogen-bond donors (Lipinski definition) is 1. The maximum Gasteiger partial charge on any atom is 0.355 e. The summed E-state index contributed by atoms with van der Waals surface area (Å²) in [5.41, 5.74) is 1.25. The van der Waals surface area contributed by atoms with E-state index in [2.05, 4.69) is 18.8 Å². The van der Waals surface area contributed by atoms with E-state index < -0.39 is 5.97 Å². The number of aromatic nitrogens is 1. The number of H-pyrrole nitrogens is 1. The van der Waals surface area contributed by atoms with Crippen LogP contribution in [0.4, 0.5) is 0 Å². The maximum absolute atomic E-state index is 12.2. The van der Waals surface area contributed by atoms with E-state index in [0.717, 1.165) is 30.4 Å². The van der Waals surface area contributed by atoms with Crippen molar-refractivity contribution in [3.63, 3.8) is 0 Å². The molecular weight excluding hydrogens is 292 g/mol. The third-order valence-electron chi connectivity index (χ3n) is 4.30. The Labute approximate surface area is 135 Å². The van der Waals surface area contributed by atoms with Gasteiger partial charge in [-0.15, -0.1) is 0 Å². The Morgan fingerprint density at radius 3 is 2.61 bits per heavy atom. The van der Waals surface area contributed by atoms with E-state index in [9.17, 15) is 9.59 Å². The van der Waals surface area contributed by atoms with Crippen molar-refractivity contribution in [2.75, 3.05) is 19.7 Å². The fourth-order valence-corrected chi connectivity index (χ4v) is 3.35. The first-order valence-corrected chi connectivity index (χ1v) is 8.05. The molecule has 0 aliphatic carbocycles. The zero-order chi connectivity index (χ0) is 16.4. The Balaban J connectivity index is 1.59. The summed E-state index contributed by atoms with van der Waals surface area (Å²) in [7, 11) is 0. The Hall–Kier alpha value is -2.30. The number of para-hydroxylation sites is 1. The fourth-order valence-electron chi connectivity index (χ4n) is 3.35. The minimum absolute atomic E-state index is 0.118. The van der Waals surface area contributed by atoms with Gasteiger partial charge in [-0.3, -0.25) is 4.79 Å². The molecular formula is C18H22N2O3. The Kier molecular flexibility index (Phi) is 4.37. The van der Waals surface area contributed by atoms with Crippen molar-refractivity contribution >= 4 is 22.8 Å². The van der Waals surface area contributed by atoms with Gasteiger partial charge < -0.3 is 14.6 Å². The molecule has 1 aromatic carbocycles. The molecule has 0 spiro atoms. The fraction of sp³-hybridized carbons (Fsp3) is 0.444. The highest BCUT2D eigenvalue weighted by Gasteiger charge is 2.26. The summed E-state index contributed by atoms with van der Waals surface area (Å²) in [6.07, 6.45) is 1.14. The minimum Gasteiger partial charge on any atom is -0.451 e. The third kappa shape index (κ3) is 3.55. The lowest BCUT2D eigenvalue weighted by Gasteiger charge is -2.34. The molecule has 2 aromatic rings. The van der Waals surface area contributed by atoms with E-state index >= 15 is 0 Å². The molecule has 2 heterocycles. The molecule has 0 saturated carbocycles. The van der Waals surface area contributed by atoms with Crippen molar-refractivity contribution in [3.05, 3.63) is 36.0 Å². The molecule has 1 saturated heterocycles. The third-order valence-corrected chi connectivity index (χ3v) is 4.30. The van der Waals surface area contributed by atoms with Gasteiger partial charge in [-0.05, 0) is 30.4 Å². The number of fused-ring (bicyclic) bond motifs is 1. The smallest absolute Gasteiger partial charge is 0.355 e. The second-order valence-corrected chi connectivity index (χ2v) is 6.59. The zero-order valence-electron chi connectivity index (χ0n) is 13.5. The number of benzene rings is 1. The van der Waals surface area contributed by atoms with Crippen molar-refractivity contribution in [1.29, 1.82) is 0 Å². The summed E-state index contributed by atoms with van der Waals surface area (Å²) >= 11 is 0. The Bertz CT molecular complexity index is 679. The average molecular weight is 314 g/mol. The minimum atomic E-state index is -0.493. The van der Waals surface area contributed by atoms with Gasteiger partial charge in [0.2, 0.25) is 0 Å². The van der Waals surface area contributed by atoms with Crippen LogP contribution in [0.15, 0.2) is 30.3 Å². The second-order valence-electron chi connectivity index (χ2n) is 6.59. The number of hydrogen-bond acceptors (Lipinski definition) is 3. The van der Waals surface area contributed by atoms with Gasteiger partial charge in [-0.1, -0.05) is 32.0 Å². The van der Waals surface area contributed by atoms with Gasteiger partial charge >= 0.3 is 5.97 Å². The van der Waals surface area contributed by atoms with Crippen LogP contribution in [0.1, 0.15) is 30.8 Å². The number of esters is 1. The summed E-state index contributed by atoms with van der Waals surface area (Å²) in [6.45, 7) is 5.58. The summed E-state index contributed by atoms with van der Waals surface area (Å²) in [4.78, 5) is 29.2. The van der Waals surface area contributed by atoms with Crippen LogP contribution in [0.2, 0.25) is 0 Å². The number of likely N-dealkylation sites (tertiary alicyclic amines) is 1. The predicted octanol–water partition coefficient (Wildman–Crippen LogP) is 2.83. The topological polar surface area (TPSA) is 62.4 Å². The van der Waals surface area contributed by atoms with E-state index in [1.807, 2.05) is 24.3 Å². The molecule has 0 unspecified atom stereocenters. The SMILES string of the molecule is C[C@@H]1C[C@H](C)CN(C(=O)COC(=O)c2cc3ccccc3[nH]2)C1. The molecule has 1 amide bonds. The van der Waals surface area contributed by atoms with E-state index in [1.54, 1.807) is 11.0 Å². The zero-order valence-corrected chi connectivity index (χ0v) is 13.5. The van der Waals surface area contributed by atoms with Gasteiger partial charge in [-0.2, -0.15) is 0 Å². The van der Waals surface area contributed by atoms with Crippen LogP contribution in [0.5, 0.6) is 0 Å². The molecule has 23 heavy (non-hydrogen) atoms. The molecule has 0 radical (unpaired) electrons. The van der Waals surface area contributed by atoms with Gasteiger partial charge in [0.1, 0.15) is 5.69 Å². The molecule has 1 aliphatic rings. The van der Waals surface area contributed by atoms with Crippen LogP contribution in [0, 0.1) is 11.8 Å². The van der Waals surface area contributed by atoms with Crippen LogP contribution in [-0.4, -0.2) is 41.5 Å². The van der Waals surface area contributed by atoms with Gasteiger partial charge in [-0.25, -0.2) is 4.79 Å². The number of amides is 1. The average Bonchev–Trinajstić information content (AvgIpc) is 2.95. The van der Waals surface area contributed by atoms with Crippen LogP contribution in [-0.2, 0) is 9.53 Å². The number of nitrogens with one attached hydrogen (secondary N) is 1. The molecule has 1 aliphatic heterocycles. The second kappa shape index (κ2) is 6.44. The molecule has 5 nitrogen and oxygen atoms in total. The number of rotatable bonds is 3. The van der Waals surface area contributed by atoms with Crippen molar-refractivity contribution in [3.8, 4) is 0 Å². The summed E-state index contributed by atoms with van der Waals surface area (Å²) in [6, 6.07) is 9.37. The van der Waals surface area contributed by atoms with Gasteiger partial charge in [0.15, 0.2) is 6.61 Å². The van der Waals surface area contributed by atoms with E-state index in [1.165, 1.54) is 0 Å². The molecule has 3 rings (SSSR count). The molecule has 1 aromatic heterocycles. The summed E-state index contributed by atoms with van der Waals surface area (Å²) < 4.78 is 5.18. The summed E-state index contributed by atoms with van der Waals surface area (Å²) in [5.74, 6) is 0.375. The lowest BCUT2D eigenvalue weighted by atomic mass is 9.92. The number of carbonyl (C=O) groups excluding carboxylic acids is 2. The number of aromatic amines is 1. The highest BCUT2D eigenvalue weighted by atomic mass is 16.5. The van der Waals surface area contributed by atoms with Gasteiger partial charge in [0.05, 0.1) is 0 Å². The molecule has 5 heteroatoms. The van der Waals surface area contributed by atoms with Crippen LogP contribution in [0.3, 0.4) is 0 Å². The number of piperidine rings is 1. The van der Waals surface area contributed by atoms with Crippen LogP contribution >= 0.6 is 0 Å².